The number of nitrogens with one attached hydrogen (secondary N) is 2. The summed E-state index contributed by atoms with van der Waals surface area (Å²) in [5.41, 5.74) is 0.998. The van der Waals surface area contributed by atoms with Crippen molar-refractivity contribution >= 4 is 27.3 Å². The van der Waals surface area contributed by atoms with Crippen LogP contribution in [0.5, 0.6) is 0 Å². The Bertz CT molecular complexity index is 444. The number of nitro benzene ring substituents is 1. The normalized spacial score (nSPS) is 23.6. The molecule has 1 heterocycles. The number of hydrogen-bond acceptors (Lipinski definition) is 4. The molecule has 0 radical (unpaired) electrons. The van der Waals surface area contributed by atoms with E-state index in [1.54, 1.807) is 6.07 Å². The van der Waals surface area contributed by atoms with E-state index in [9.17, 15) is 10.1 Å². The monoisotopic (exact) mass is 299 g/mol. The van der Waals surface area contributed by atoms with Gasteiger partial charge in [-0.25, -0.2) is 0 Å². The van der Waals surface area contributed by atoms with E-state index >= 15 is 0 Å². The van der Waals surface area contributed by atoms with E-state index in [1.165, 1.54) is 12.1 Å². The number of nitrogens with zero attached hydrogens (tertiary/aromatic N) is 1. The summed E-state index contributed by atoms with van der Waals surface area (Å²) in [5, 5.41) is 17.3. The van der Waals surface area contributed by atoms with Crippen molar-refractivity contribution in [3.63, 3.8) is 0 Å². The molecule has 0 spiro atoms. The van der Waals surface area contributed by atoms with Crippen molar-refractivity contribution < 1.29 is 4.92 Å². The van der Waals surface area contributed by atoms with Crippen LogP contribution in [0, 0.1) is 10.1 Å². The third-order valence-electron chi connectivity index (χ3n) is 2.97. The summed E-state index contributed by atoms with van der Waals surface area (Å²) in [6.45, 7) is 4.03. The molecule has 92 valence electrons. The van der Waals surface area contributed by atoms with Gasteiger partial charge >= 0.3 is 0 Å². The molecule has 0 aromatic heterocycles. The second kappa shape index (κ2) is 4.62. The molecule has 1 fully saturated rings. The summed E-state index contributed by atoms with van der Waals surface area (Å²) in [7, 11) is 0. The Labute approximate surface area is 108 Å². The van der Waals surface area contributed by atoms with Gasteiger partial charge in [-0.15, -0.1) is 0 Å². The van der Waals surface area contributed by atoms with Crippen LogP contribution in [0.25, 0.3) is 0 Å². The molecule has 1 unspecified atom stereocenters. The highest BCUT2D eigenvalue weighted by Gasteiger charge is 2.28. The number of anilines is 1. The summed E-state index contributed by atoms with van der Waals surface area (Å²) in [6.07, 6.45) is 1.04. The molecule has 1 aromatic rings. The lowest BCUT2D eigenvalue weighted by molar-refractivity contribution is -0.384. The molecular weight excluding hydrogens is 286 g/mol. The summed E-state index contributed by atoms with van der Waals surface area (Å²) in [4.78, 5) is 10.2. The molecule has 0 bridgehead atoms. The third-order valence-corrected chi connectivity index (χ3v) is 3.62. The first kappa shape index (κ1) is 12.3. The second-order valence-corrected chi connectivity index (χ2v) is 5.39. The SMILES string of the molecule is CC1(Nc2ccc([N+](=O)[O-])cc2Br)CCNC1. The van der Waals surface area contributed by atoms with Crippen molar-refractivity contribution in [2.24, 2.45) is 0 Å². The van der Waals surface area contributed by atoms with Gasteiger partial charge in [0.15, 0.2) is 0 Å². The Hall–Kier alpha value is -1.14. The van der Waals surface area contributed by atoms with Gasteiger partial charge in [-0.3, -0.25) is 10.1 Å². The molecule has 1 aliphatic heterocycles. The summed E-state index contributed by atoms with van der Waals surface area (Å²) in [5.74, 6) is 0. The van der Waals surface area contributed by atoms with Gasteiger partial charge < -0.3 is 10.6 Å². The van der Waals surface area contributed by atoms with Crippen LogP contribution in [-0.2, 0) is 0 Å². The fourth-order valence-electron chi connectivity index (χ4n) is 1.97. The van der Waals surface area contributed by atoms with E-state index in [-0.39, 0.29) is 11.2 Å². The van der Waals surface area contributed by atoms with Gasteiger partial charge in [0.2, 0.25) is 0 Å². The minimum atomic E-state index is -0.395. The first-order chi connectivity index (χ1) is 8.00. The zero-order valence-electron chi connectivity index (χ0n) is 9.50. The maximum atomic E-state index is 10.6. The van der Waals surface area contributed by atoms with Crippen molar-refractivity contribution in [1.82, 2.24) is 5.32 Å². The molecule has 1 aromatic carbocycles. The molecule has 0 aliphatic carbocycles. The highest BCUT2D eigenvalue weighted by atomic mass is 79.9. The largest absolute Gasteiger partial charge is 0.378 e. The van der Waals surface area contributed by atoms with E-state index in [2.05, 4.69) is 33.5 Å². The average molecular weight is 300 g/mol. The standard InChI is InChI=1S/C11H14BrN3O2/c1-11(4-5-13-7-11)14-10-3-2-8(15(16)17)6-9(10)12/h2-3,6,13-14H,4-5,7H2,1H3. The highest BCUT2D eigenvalue weighted by molar-refractivity contribution is 9.10. The van der Waals surface area contributed by atoms with Gasteiger partial charge in [-0.1, -0.05) is 0 Å². The Kier molecular flexibility index (Phi) is 3.35. The predicted octanol–water partition coefficient (Wildman–Crippen LogP) is 2.52. The van der Waals surface area contributed by atoms with Gasteiger partial charge in [0, 0.05) is 34.4 Å². The molecule has 2 N–H and O–H groups in total. The van der Waals surface area contributed by atoms with Crippen LogP contribution >= 0.6 is 15.9 Å². The van der Waals surface area contributed by atoms with E-state index < -0.39 is 4.92 Å². The summed E-state index contributed by atoms with van der Waals surface area (Å²) >= 11 is 3.36. The van der Waals surface area contributed by atoms with E-state index in [1.807, 2.05) is 0 Å². The average Bonchev–Trinajstić information content (AvgIpc) is 2.68. The molecule has 1 aliphatic rings. The Balaban J connectivity index is 2.19. The zero-order valence-corrected chi connectivity index (χ0v) is 11.1. The number of rotatable bonds is 3. The molecule has 0 saturated carbocycles. The van der Waals surface area contributed by atoms with Crippen molar-refractivity contribution in [2.75, 3.05) is 18.4 Å². The van der Waals surface area contributed by atoms with Crippen LogP contribution in [0.3, 0.4) is 0 Å². The number of benzene rings is 1. The first-order valence-corrected chi connectivity index (χ1v) is 6.22. The minimum Gasteiger partial charge on any atom is -0.378 e. The van der Waals surface area contributed by atoms with Crippen LogP contribution in [0.15, 0.2) is 22.7 Å². The molecule has 6 heteroatoms. The maximum Gasteiger partial charge on any atom is 0.270 e. The second-order valence-electron chi connectivity index (χ2n) is 4.53. The number of nitro groups is 1. The first-order valence-electron chi connectivity index (χ1n) is 5.43. The highest BCUT2D eigenvalue weighted by Crippen LogP contribution is 2.30. The van der Waals surface area contributed by atoms with Crippen LogP contribution in [-0.4, -0.2) is 23.6 Å². The molecule has 1 atom stereocenters. The lowest BCUT2D eigenvalue weighted by Gasteiger charge is -2.26. The molecule has 5 nitrogen and oxygen atoms in total. The summed E-state index contributed by atoms with van der Waals surface area (Å²) in [6, 6.07) is 4.78. The molecule has 0 amide bonds. The van der Waals surface area contributed by atoms with Crippen molar-refractivity contribution in [2.45, 2.75) is 18.9 Å². The fraction of sp³-hybridized carbons (Fsp3) is 0.455. The van der Waals surface area contributed by atoms with Crippen LogP contribution in [0.2, 0.25) is 0 Å². The number of non-ortho nitro benzene ring substituents is 1. The van der Waals surface area contributed by atoms with Crippen LogP contribution in [0.4, 0.5) is 11.4 Å². The smallest absolute Gasteiger partial charge is 0.270 e. The summed E-state index contributed by atoms with van der Waals surface area (Å²) < 4.78 is 0.722. The lowest BCUT2D eigenvalue weighted by Crippen LogP contribution is -2.36. The van der Waals surface area contributed by atoms with Crippen LogP contribution in [0.1, 0.15) is 13.3 Å². The van der Waals surface area contributed by atoms with E-state index in [0.717, 1.165) is 29.7 Å². The third kappa shape index (κ3) is 2.76. The minimum absolute atomic E-state index is 0.0126. The quantitative estimate of drug-likeness (QED) is 0.665. The Morgan fingerprint density at radius 1 is 1.59 bits per heavy atom. The fourth-order valence-corrected chi connectivity index (χ4v) is 2.43. The zero-order chi connectivity index (χ0) is 12.5. The molecule has 17 heavy (non-hydrogen) atoms. The van der Waals surface area contributed by atoms with Gasteiger partial charge in [0.25, 0.3) is 5.69 Å². The topological polar surface area (TPSA) is 67.2 Å². The van der Waals surface area contributed by atoms with Gasteiger partial charge in [-0.2, -0.15) is 0 Å². The maximum absolute atomic E-state index is 10.6. The lowest BCUT2D eigenvalue weighted by atomic mass is 10.0. The number of hydrogen-bond donors (Lipinski definition) is 2. The Morgan fingerprint density at radius 3 is 2.88 bits per heavy atom. The van der Waals surface area contributed by atoms with Gasteiger partial charge in [0.05, 0.1) is 4.92 Å². The number of halogens is 1. The molecule has 2 rings (SSSR count). The van der Waals surface area contributed by atoms with Crippen molar-refractivity contribution in [3.8, 4) is 0 Å². The van der Waals surface area contributed by atoms with Crippen molar-refractivity contribution in [3.05, 3.63) is 32.8 Å². The van der Waals surface area contributed by atoms with Gasteiger partial charge in [0.1, 0.15) is 0 Å². The van der Waals surface area contributed by atoms with E-state index in [0.29, 0.717) is 0 Å². The predicted molar refractivity (Wildman–Crippen MR) is 70.3 cm³/mol. The molecule has 1 saturated heterocycles. The van der Waals surface area contributed by atoms with E-state index in [4.69, 9.17) is 0 Å². The van der Waals surface area contributed by atoms with Gasteiger partial charge in [-0.05, 0) is 41.9 Å². The van der Waals surface area contributed by atoms with Crippen LogP contribution < -0.4 is 10.6 Å². The molecular formula is C11H14BrN3O2. The Morgan fingerprint density at radius 2 is 2.35 bits per heavy atom. The van der Waals surface area contributed by atoms with Crippen molar-refractivity contribution in [1.29, 1.82) is 0 Å².